The lowest BCUT2D eigenvalue weighted by atomic mass is 10.2. The van der Waals surface area contributed by atoms with E-state index in [0.717, 1.165) is 39.8 Å². The molecule has 0 saturated carbocycles. The van der Waals surface area contributed by atoms with Gasteiger partial charge in [-0.15, -0.1) is 11.3 Å². The summed E-state index contributed by atoms with van der Waals surface area (Å²) >= 11 is 7.49. The monoisotopic (exact) mass is 412 g/mol. The van der Waals surface area contributed by atoms with Crippen LogP contribution in [0.2, 0.25) is 5.02 Å². The number of methoxy groups -OCH3 is 1. The van der Waals surface area contributed by atoms with Crippen molar-refractivity contribution in [2.75, 3.05) is 38.2 Å². The Bertz CT molecular complexity index is 963. The third-order valence-corrected chi connectivity index (χ3v) is 6.31. The average molecular weight is 413 g/mol. The zero-order valence-electron chi connectivity index (χ0n) is 15.6. The van der Waals surface area contributed by atoms with Crippen molar-refractivity contribution < 1.29 is 9.53 Å². The molecular formula is C22H21ClN2O2S. The Morgan fingerprint density at radius 1 is 1.00 bits per heavy atom. The van der Waals surface area contributed by atoms with Crippen LogP contribution >= 0.6 is 22.9 Å². The Kier molecular flexibility index (Phi) is 5.55. The van der Waals surface area contributed by atoms with Gasteiger partial charge in [-0.25, -0.2) is 0 Å². The first-order valence-corrected chi connectivity index (χ1v) is 10.4. The van der Waals surface area contributed by atoms with Crippen molar-refractivity contribution in [3.05, 3.63) is 70.6 Å². The van der Waals surface area contributed by atoms with Gasteiger partial charge in [-0.05, 0) is 42.0 Å². The van der Waals surface area contributed by atoms with Crippen molar-refractivity contribution in [2.45, 2.75) is 0 Å². The predicted octanol–water partition coefficient (Wildman–Crippen LogP) is 5.04. The van der Waals surface area contributed by atoms with Crippen molar-refractivity contribution in [3.8, 4) is 16.2 Å². The van der Waals surface area contributed by atoms with Crippen LogP contribution in [0.4, 0.5) is 5.69 Å². The number of carbonyl (C=O) groups is 1. The molecule has 2 aromatic carbocycles. The van der Waals surface area contributed by atoms with Crippen molar-refractivity contribution in [1.29, 1.82) is 0 Å². The molecule has 1 aromatic heterocycles. The van der Waals surface area contributed by atoms with E-state index in [1.807, 2.05) is 59.5 Å². The second-order valence-corrected chi connectivity index (χ2v) is 8.17. The third kappa shape index (κ3) is 4.01. The predicted molar refractivity (Wildman–Crippen MR) is 116 cm³/mol. The first-order valence-electron chi connectivity index (χ1n) is 9.18. The van der Waals surface area contributed by atoms with Crippen LogP contribution in [-0.4, -0.2) is 44.1 Å². The van der Waals surface area contributed by atoms with Gasteiger partial charge in [0.15, 0.2) is 0 Å². The summed E-state index contributed by atoms with van der Waals surface area (Å²) in [5.41, 5.74) is 2.21. The summed E-state index contributed by atoms with van der Waals surface area (Å²) in [7, 11) is 1.68. The van der Waals surface area contributed by atoms with Gasteiger partial charge in [0, 0.05) is 47.8 Å². The van der Waals surface area contributed by atoms with E-state index in [1.54, 1.807) is 7.11 Å². The molecule has 3 aromatic rings. The van der Waals surface area contributed by atoms with Gasteiger partial charge in [0.1, 0.15) is 5.75 Å². The highest BCUT2D eigenvalue weighted by Gasteiger charge is 2.23. The van der Waals surface area contributed by atoms with E-state index in [-0.39, 0.29) is 5.91 Å². The molecule has 1 amide bonds. The fourth-order valence-corrected chi connectivity index (χ4v) is 4.46. The lowest BCUT2D eigenvalue weighted by Crippen LogP contribution is -2.48. The normalized spacial score (nSPS) is 14.2. The smallest absolute Gasteiger partial charge is 0.264 e. The summed E-state index contributed by atoms with van der Waals surface area (Å²) in [6.07, 6.45) is 0. The van der Waals surface area contributed by atoms with Crippen LogP contribution in [0.15, 0.2) is 60.7 Å². The zero-order chi connectivity index (χ0) is 19.5. The summed E-state index contributed by atoms with van der Waals surface area (Å²) in [5, 5.41) is 0.713. The molecule has 0 radical (unpaired) electrons. The van der Waals surface area contributed by atoms with Crippen LogP contribution < -0.4 is 9.64 Å². The number of hydrogen-bond acceptors (Lipinski definition) is 4. The number of benzene rings is 2. The molecule has 6 heteroatoms. The van der Waals surface area contributed by atoms with Gasteiger partial charge in [0.2, 0.25) is 0 Å². The Morgan fingerprint density at radius 3 is 2.46 bits per heavy atom. The number of amides is 1. The molecule has 0 N–H and O–H groups in total. The van der Waals surface area contributed by atoms with Gasteiger partial charge >= 0.3 is 0 Å². The molecule has 1 aliphatic heterocycles. The van der Waals surface area contributed by atoms with Gasteiger partial charge < -0.3 is 14.5 Å². The molecule has 0 unspecified atom stereocenters. The van der Waals surface area contributed by atoms with Crippen LogP contribution in [0.25, 0.3) is 10.4 Å². The Labute approximate surface area is 173 Å². The Morgan fingerprint density at radius 2 is 1.75 bits per heavy atom. The van der Waals surface area contributed by atoms with E-state index in [0.29, 0.717) is 18.1 Å². The summed E-state index contributed by atoms with van der Waals surface area (Å²) in [6.45, 7) is 3.05. The number of piperazine rings is 1. The molecule has 1 saturated heterocycles. The van der Waals surface area contributed by atoms with E-state index >= 15 is 0 Å². The molecule has 144 valence electrons. The second-order valence-electron chi connectivity index (χ2n) is 6.65. The van der Waals surface area contributed by atoms with Crippen molar-refractivity contribution in [2.24, 2.45) is 0 Å². The number of halogens is 1. The minimum absolute atomic E-state index is 0.107. The first-order chi connectivity index (χ1) is 13.6. The first kappa shape index (κ1) is 18.8. The van der Waals surface area contributed by atoms with Crippen LogP contribution in [0, 0.1) is 0 Å². The van der Waals surface area contributed by atoms with E-state index in [4.69, 9.17) is 16.3 Å². The van der Waals surface area contributed by atoms with Gasteiger partial charge in [0.05, 0.1) is 12.0 Å². The van der Waals surface area contributed by atoms with Crippen molar-refractivity contribution in [1.82, 2.24) is 4.90 Å². The van der Waals surface area contributed by atoms with Crippen molar-refractivity contribution >= 4 is 34.5 Å². The number of hydrogen-bond donors (Lipinski definition) is 0. The van der Waals surface area contributed by atoms with E-state index in [1.165, 1.54) is 11.3 Å². The van der Waals surface area contributed by atoms with E-state index < -0.39 is 0 Å². The summed E-state index contributed by atoms with van der Waals surface area (Å²) < 4.78 is 5.31. The minimum atomic E-state index is 0.107. The fourth-order valence-electron chi connectivity index (χ4n) is 3.35. The Hall–Kier alpha value is -2.50. The standard InChI is InChI=1S/C22H21ClN2O2S/c1-27-19-4-2-3-18(15-19)24-11-13-25(14-12-24)22(26)21-10-9-20(28-21)16-5-7-17(23)8-6-16/h2-10,15H,11-14H2,1H3. The number of ether oxygens (including phenoxy) is 1. The SMILES string of the molecule is COc1cccc(N2CCN(C(=O)c3ccc(-c4ccc(Cl)cc4)s3)CC2)c1. The maximum Gasteiger partial charge on any atom is 0.264 e. The highest BCUT2D eigenvalue weighted by atomic mass is 35.5. The van der Waals surface area contributed by atoms with Gasteiger partial charge in [-0.1, -0.05) is 29.8 Å². The Balaban J connectivity index is 1.41. The van der Waals surface area contributed by atoms with Gasteiger partial charge in [0.25, 0.3) is 5.91 Å². The molecule has 0 bridgehead atoms. The van der Waals surface area contributed by atoms with Crippen LogP contribution in [-0.2, 0) is 0 Å². The number of nitrogens with zero attached hydrogens (tertiary/aromatic N) is 2. The average Bonchev–Trinajstić information content (AvgIpc) is 3.24. The molecule has 4 nitrogen and oxygen atoms in total. The second kappa shape index (κ2) is 8.25. The highest BCUT2D eigenvalue weighted by molar-refractivity contribution is 7.17. The largest absolute Gasteiger partial charge is 0.497 e. The minimum Gasteiger partial charge on any atom is -0.497 e. The third-order valence-electron chi connectivity index (χ3n) is 4.93. The van der Waals surface area contributed by atoms with Crippen LogP contribution in [0.1, 0.15) is 9.67 Å². The number of anilines is 1. The van der Waals surface area contributed by atoms with Gasteiger partial charge in [-0.2, -0.15) is 0 Å². The van der Waals surface area contributed by atoms with Gasteiger partial charge in [-0.3, -0.25) is 4.79 Å². The molecule has 28 heavy (non-hydrogen) atoms. The summed E-state index contributed by atoms with van der Waals surface area (Å²) in [5.74, 6) is 0.958. The quantitative estimate of drug-likeness (QED) is 0.601. The maximum absolute atomic E-state index is 12.9. The highest BCUT2D eigenvalue weighted by Crippen LogP contribution is 2.30. The molecule has 4 rings (SSSR count). The van der Waals surface area contributed by atoms with Crippen LogP contribution in [0.5, 0.6) is 5.75 Å². The molecule has 1 aliphatic rings. The van der Waals surface area contributed by atoms with E-state index in [9.17, 15) is 4.79 Å². The molecule has 2 heterocycles. The molecule has 0 atom stereocenters. The maximum atomic E-state index is 12.9. The molecule has 1 fully saturated rings. The summed E-state index contributed by atoms with van der Waals surface area (Å²) in [6, 6.07) is 19.7. The number of thiophene rings is 1. The summed E-state index contributed by atoms with van der Waals surface area (Å²) in [4.78, 5) is 19.0. The fraction of sp³-hybridized carbons (Fsp3) is 0.227. The van der Waals surface area contributed by atoms with Crippen molar-refractivity contribution in [3.63, 3.8) is 0 Å². The number of carbonyl (C=O) groups excluding carboxylic acids is 1. The molecule has 0 aliphatic carbocycles. The number of rotatable bonds is 4. The zero-order valence-corrected chi connectivity index (χ0v) is 17.2. The lowest BCUT2D eigenvalue weighted by Gasteiger charge is -2.36. The topological polar surface area (TPSA) is 32.8 Å². The van der Waals surface area contributed by atoms with E-state index in [2.05, 4.69) is 11.0 Å². The lowest BCUT2D eigenvalue weighted by molar-refractivity contribution is 0.0751. The van der Waals surface area contributed by atoms with Crippen LogP contribution in [0.3, 0.4) is 0 Å². The molecule has 0 spiro atoms. The molecular weight excluding hydrogens is 392 g/mol.